The molecule has 0 aliphatic carbocycles. The summed E-state index contributed by atoms with van der Waals surface area (Å²) < 4.78 is 1.82. The van der Waals surface area contributed by atoms with E-state index in [1.54, 1.807) is 0 Å². The normalized spacial score (nSPS) is 11.2. The average Bonchev–Trinajstić information content (AvgIpc) is 3.00. The fourth-order valence-corrected chi connectivity index (χ4v) is 3.19. The van der Waals surface area contributed by atoms with E-state index in [1.165, 1.54) is 44.9 Å². The summed E-state index contributed by atoms with van der Waals surface area (Å²) in [6.07, 6.45) is 16.5. The van der Waals surface area contributed by atoms with E-state index in [2.05, 4.69) is 22.3 Å². The molecule has 0 saturated carbocycles. The maximum Gasteiger partial charge on any atom is 0.219 e. The van der Waals surface area contributed by atoms with Gasteiger partial charge in [-0.3, -0.25) is 4.79 Å². The van der Waals surface area contributed by atoms with Crippen molar-refractivity contribution in [1.82, 2.24) is 19.9 Å². The lowest BCUT2D eigenvalue weighted by atomic mass is 10.1. The van der Waals surface area contributed by atoms with Crippen LogP contribution >= 0.6 is 0 Å². The van der Waals surface area contributed by atoms with Gasteiger partial charge in [-0.1, -0.05) is 51.9 Å². The van der Waals surface area contributed by atoms with E-state index in [0.29, 0.717) is 6.42 Å². The van der Waals surface area contributed by atoms with E-state index in [9.17, 15) is 4.79 Å². The Labute approximate surface area is 157 Å². The van der Waals surface area contributed by atoms with Crippen molar-refractivity contribution in [3.05, 3.63) is 29.7 Å². The zero-order valence-corrected chi connectivity index (χ0v) is 16.5. The predicted octanol–water partition coefficient (Wildman–Crippen LogP) is 4.62. The molecular weight excluding hydrogens is 324 g/mol. The molecular formula is C21H34N4O. The summed E-state index contributed by atoms with van der Waals surface area (Å²) in [7, 11) is 0. The first-order valence-electron chi connectivity index (χ1n) is 10.3. The van der Waals surface area contributed by atoms with Gasteiger partial charge in [0.05, 0.1) is 5.69 Å². The highest BCUT2D eigenvalue weighted by atomic mass is 16.1. The summed E-state index contributed by atoms with van der Waals surface area (Å²) in [5.74, 6) is 0.187. The minimum Gasteiger partial charge on any atom is -0.356 e. The van der Waals surface area contributed by atoms with Crippen LogP contribution in [0.2, 0.25) is 0 Å². The summed E-state index contributed by atoms with van der Waals surface area (Å²) in [5, 5.41) is 7.42. The second kappa shape index (κ2) is 11.7. The van der Waals surface area contributed by atoms with Crippen LogP contribution in [-0.2, 0) is 11.2 Å². The standard InChI is InChI=1S/C21H34N4O/c1-3-4-5-6-7-8-9-10-13-21(26)22-14-11-12-19-16-23-20-15-18(2)24-25(20)17-19/h15-17H,3-14H2,1-2H3,(H,22,26). The SMILES string of the molecule is CCCCCCCCCCC(=O)NCCCc1cnc2cc(C)nn2c1. The maximum absolute atomic E-state index is 11.9. The third kappa shape index (κ3) is 7.54. The molecule has 0 fully saturated rings. The van der Waals surface area contributed by atoms with Crippen LogP contribution in [0.4, 0.5) is 0 Å². The molecule has 0 spiro atoms. The summed E-state index contributed by atoms with van der Waals surface area (Å²) in [4.78, 5) is 16.3. The van der Waals surface area contributed by atoms with E-state index in [1.807, 2.05) is 29.9 Å². The van der Waals surface area contributed by atoms with Crippen molar-refractivity contribution in [1.29, 1.82) is 0 Å². The van der Waals surface area contributed by atoms with Crippen LogP contribution in [-0.4, -0.2) is 27.0 Å². The van der Waals surface area contributed by atoms with Crippen molar-refractivity contribution in [3.8, 4) is 0 Å². The molecule has 1 N–H and O–H groups in total. The van der Waals surface area contributed by atoms with Gasteiger partial charge < -0.3 is 5.32 Å². The molecule has 0 radical (unpaired) electrons. The maximum atomic E-state index is 11.9. The van der Waals surface area contributed by atoms with Gasteiger partial charge in [-0.2, -0.15) is 5.10 Å². The Morgan fingerprint density at radius 3 is 2.58 bits per heavy atom. The van der Waals surface area contributed by atoms with Crippen LogP contribution in [0.3, 0.4) is 0 Å². The summed E-state index contributed by atoms with van der Waals surface area (Å²) in [6.45, 7) is 4.94. The minimum absolute atomic E-state index is 0.187. The van der Waals surface area contributed by atoms with E-state index in [0.717, 1.165) is 42.7 Å². The predicted molar refractivity (Wildman–Crippen MR) is 106 cm³/mol. The Balaban J connectivity index is 1.50. The molecule has 0 unspecified atom stereocenters. The summed E-state index contributed by atoms with van der Waals surface area (Å²) in [6, 6.07) is 1.97. The molecule has 5 nitrogen and oxygen atoms in total. The smallest absolute Gasteiger partial charge is 0.219 e. The number of aryl methyl sites for hydroxylation is 2. The summed E-state index contributed by atoms with van der Waals surface area (Å²) >= 11 is 0. The molecule has 2 rings (SSSR count). The number of amides is 1. The van der Waals surface area contributed by atoms with Crippen LogP contribution in [0.15, 0.2) is 18.5 Å². The number of hydrogen-bond donors (Lipinski definition) is 1. The van der Waals surface area contributed by atoms with Crippen LogP contribution < -0.4 is 5.32 Å². The first-order chi connectivity index (χ1) is 12.7. The number of carbonyl (C=O) groups is 1. The number of fused-ring (bicyclic) bond motifs is 1. The molecule has 0 saturated heterocycles. The molecule has 1 amide bonds. The van der Waals surface area contributed by atoms with E-state index in [-0.39, 0.29) is 5.91 Å². The second-order valence-corrected chi connectivity index (χ2v) is 7.23. The lowest BCUT2D eigenvalue weighted by Gasteiger charge is -2.06. The Kier molecular flexibility index (Phi) is 9.15. The molecule has 2 heterocycles. The van der Waals surface area contributed by atoms with Gasteiger partial charge in [0.15, 0.2) is 5.65 Å². The minimum atomic E-state index is 0.187. The number of aromatic nitrogens is 3. The number of unbranched alkanes of at least 4 members (excludes halogenated alkanes) is 7. The number of hydrogen-bond acceptors (Lipinski definition) is 3. The Hall–Kier alpha value is -1.91. The number of nitrogens with zero attached hydrogens (tertiary/aromatic N) is 3. The molecule has 144 valence electrons. The van der Waals surface area contributed by atoms with Crippen molar-refractivity contribution < 1.29 is 4.79 Å². The van der Waals surface area contributed by atoms with E-state index < -0.39 is 0 Å². The molecule has 2 aromatic rings. The Bertz CT molecular complexity index is 665. The van der Waals surface area contributed by atoms with Crippen molar-refractivity contribution in [3.63, 3.8) is 0 Å². The van der Waals surface area contributed by atoms with Gasteiger partial charge in [0, 0.05) is 31.4 Å². The Morgan fingerprint density at radius 2 is 1.81 bits per heavy atom. The van der Waals surface area contributed by atoms with Gasteiger partial charge >= 0.3 is 0 Å². The molecule has 26 heavy (non-hydrogen) atoms. The first kappa shape index (κ1) is 20.4. The lowest BCUT2D eigenvalue weighted by Crippen LogP contribution is -2.24. The number of nitrogens with one attached hydrogen (secondary N) is 1. The zero-order chi connectivity index (χ0) is 18.6. The third-order valence-corrected chi connectivity index (χ3v) is 4.71. The fourth-order valence-electron chi connectivity index (χ4n) is 3.19. The van der Waals surface area contributed by atoms with Crippen LogP contribution in [0, 0.1) is 6.92 Å². The van der Waals surface area contributed by atoms with Crippen molar-refractivity contribution in [2.75, 3.05) is 6.54 Å². The molecule has 0 aliphatic heterocycles. The topological polar surface area (TPSA) is 59.3 Å². The van der Waals surface area contributed by atoms with Gasteiger partial charge in [-0.15, -0.1) is 0 Å². The van der Waals surface area contributed by atoms with Gasteiger partial charge in [-0.05, 0) is 31.7 Å². The van der Waals surface area contributed by atoms with Gasteiger partial charge in [0.1, 0.15) is 0 Å². The number of carbonyl (C=O) groups excluding carboxylic acids is 1. The van der Waals surface area contributed by atoms with Crippen LogP contribution in [0.1, 0.15) is 82.4 Å². The average molecular weight is 359 g/mol. The quantitative estimate of drug-likeness (QED) is 0.532. The highest BCUT2D eigenvalue weighted by molar-refractivity contribution is 5.75. The molecule has 0 bridgehead atoms. The third-order valence-electron chi connectivity index (χ3n) is 4.71. The van der Waals surface area contributed by atoms with E-state index >= 15 is 0 Å². The number of rotatable bonds is 13. The molecule has 0 aromatic carbocycles. The van der Waals surface area contributed by atoms with Gasteiger partial charge in [0.25, 0.3) is 0 Å². The molecule has 2 aromatic heterocycles. The van der Waals surface area contributed by atoms with Crippen molar-refractivity contribution in [2.45, 2.75) is 84.5 Å². The van der Waals surface area contributed by atoms with E-state index in [4.69, 9.17) is 0 Å². The highest BCUT2D eigenvalue weighted by Crippen LogP contribution is 2.10. The van der Waals surface area contributed by atoms with Crippen molar-refractivity contribution in [2.24, 2.45) is 0 Å². The second-order valence-electron chi connectivity index (χ2n) is 7.23. The summed E-state index contributed by atoms with van der Waals surface area (Å²) in [5.41, 5.74) is 3.01. The van der Waals surface area contributed by atoms with Crippen LogP contribution in [0.25, 0.3) is 5.65 Å². The van der Waals surface area contributed by atoms with Gasteiger partial charge in [-0.25, -0.2) is 9.50 Å². The monoisotopic (exact) mass is 358 g/mol. The highest BCUT2D eigenvalue weighted by Gasteiger charge is 2.03. The molecule has 5 heteroatoms. The largest absolute Gasteiger partial charge is 0.356 e. The zero-order valence-electron chi connectivity index (χ0n) is 16.5. The Morgan fingerprint density at radius 1 is 1.08 bits per heavy atom. The van der Waals surface area contributed by atoms with Gasteiger partial charge in [0.2, 0.25) is 5.91 Å². The van der Waals surface area contributed by atoms with Crippen molar-refractivity contribution >= 4 is 11.6 Å². The van der Waals surface area contributed by atoms with Crippen LogP contribution in [0.5, 0.6) is 0 Å². The lowest BCUT2D eigenvalue weighted by molar-refractivity contribution is -0.121. The first-order valence-corrected chi connectivity index (χ1v) is 10.3. The fraction of sp³-hybridized carbons (Fsp3) is 0.667. The molecule has 0 atom stereocenters. The molecule has 0 aliphatic rings.